The fraction of sp³-hybridized carbons (Fsp3) is 0.154. The van der Waals surface area contributed by atoms with Gasteiger partial charge in [0.1, 0.15) is 11.8 Å². The predicted octanol–water partition coefficient (Wildman–Crippen LogP) is 3.77. The van der Waals surface area contributed by atoms with Gasteiger partial charge >= 0.3 is 0 Å². The van der Waals surface area contributed by atoms with Gasteiger partial charge in [0.15, 0.2) is 0 Å². The summed E-state index contributed by atoms with van der Waals surface area (Å²) in [7, 11) is 0. The molecule has 1 N–H and O–H groups in total. The molecular formula is C13H11ClN2. The van der Waals surface area contributed by atoms with E-state index < -0.39 is 0 Å². The second-order valence-corrected chi connectivity index (χ2v) is 4.01. The van der Waals surface area contributed by atoms with Crippen LogP contribution in [0.3, 0.4) is 0 Å². The molecule has 0 aliphatic rings. The zero-order chi connectivity index (χ0) is 11.5. The summed E-state index contributed by atoms with van der Waals surface area (Å²) in [6, 6.07) is 9.77. The van der Waals surface area contributed by atoms with Crippen LogP contribution in [-0.2, 0) is 6.42 Å². The van der Waals surface area contributed by atoms with E-state index in [0.29, 0.717) is 10.7 Å². The Morgan fingerprint density at radius 3 is 2.81 bits per heavy atom. The molecule has 0 saturated heterocycles. The maximum absolute atomic E-state index is 8.77. The van der Waals surface area contributed by atoms with Crippen molar-refractivity contribution >= 4 is 11.6 Å². The molecule has 0 saturated carbocycles. The summed E-state index contributed by atoms with van der Waals surface area (Å²) in [5, 5.41) is 9.49. The summed E-state index contributed by atoms with van der Waals surface area (Å²) in [4.78, 5) is 2.92. The van der Waals surface area contributed by atoms with Crippen LogP contribution in [-0.4, -0.2) is 4.98 Å². The van der Waals surface area contributed by atoms with E-state index in [-0.39, 0.29) is 0 Å². The van der Waals surface area contributed by atoms with E-state index >= 15 is 0 Å². The van der Waals surface area contributed by atoms with E-state index in [4.69, 9.17) is 16.9 Å². The fourth-order valence-corrected chi connectivity index (χ4v) is 1.91. The smallest absolute Gasteiger partial charge is 0.118 e. The molecule has 1 aromatic carbocycles. The number of nitrogens with one attached hydrogen (secondary N) is 1. The number of halogens is 1. The van der Waals surface area contributed by atoms with Crippen LogP contribution in [0.1, 0.15) is 18.2 Å². The lowest BCUT2D eigenvalue weighted by Crippen LogP contribution is -1.85. The quantitative estimate of drug-likeness (QED) is 0.838. The second-order valence-electron chi connectivity index (χ2n) is 3.57. The van der Waals surface area contributed by atoms with Crippen LogP contribution >= 0.6 is 11.6 Å². The maximum Gasteiger partial charge on any atom is 0.118 e. The van der Waals surface area contributed by atoms with Gasteiger partial charge in [-0.1, -0.05) is 24.6 Å². The van der Waals surface area contributed by atoms with E-state index in [0.717, 1.165) is 17.5 Å². The first kappa shape index (κ1) is 10.8. The van der Waals surface area contributed by atoms with Gasteiger partial charge in [0.25, 0.3) is 0 Å². The van der Waals surface area contributed by atoms with Crippen LogP contribution < -0.4 is 0 Å². The molecule has 16 heavy (non-hydrogen) atoms. The van der Waals surface area contributed by atoms with E-state index in [2.05, 4.69) is 18.0 Å². The Kier molecular flexibility index (Phi) is 2.98. The van der Waals surface area contributed by atoms with E-state index in [1.807, 2.05) is 30.5 Å². The number of H-pyrrole nitrogens is 1. The van der Waals surface area contributed by atoms with Crippen LogP contribution in [0.4, 0.5) is 0 Å². The minimum atomic E-state index is 0.567. The Balaban J connectivity index is 2.54. The van der Waals surface area contributed by atoms with Crippen LogP contribution in [0.5, 0.6) is 0 Å². The molecule has 1 heterocycles. The minimum absolute atomic E-state index is 0.567. The van der Waals surface area contributed by atoms with Crippen molar-refractivity contribution in [3.63, 3.8) is 0 Å². The molecule has 0 amide bonds. The zero-order valence-electron chi connectivity index (χ0n) is 8.92. The molecule has 0 spiro atoms. The molecule has 3 heteroatoms. The summed E-state index contributed by atoms with van der Waals surface area (Å²) in [5.41, 5.74) is 3.90. The van der Waals surface area contributed by atoms with Gasteiger partial charge in [0.2, 0.25) is 0 Å². The first-order valence-corrected chi connectivity index (χ1v) is 5.49. The second kappa shape index (κ2) is 4.42. The summed E-state index contributed by atoms with van der Waals surface area (Å²) in [6.07, 6.45) is 2.78. The van der Waals surface area contributed by atoms with E-state index in [1.54, 1.807) is 0 Å². The molecule has 0 bridgehead atoms. The van der Waals surface area contributed by atoms with Gasteiger partial charge in [-0.3, -0.25) is 0 Å². The van der Waals surface area contributed by atoms with Crippen LogP contribution in [0, 0.1) is 11.3 Å². The van der Waals surface area contributed by atoms with Crippen molar-refractivity contribution < 1.29 is 0 Å². The summed E-state index contributed by atoms with van der Waals surface area (Å²) >= 11 is 5.99. The van der Waals surface area contributed by atoms with Crippen molar-refractivity contribution in [2.45, 2.75) is 13.3 Å². The third kappa shape index (κ3) is 1.95. The molecule has 1 aromatic heterocycles. The van der Waals surface area contributed by atoms with E-state index in [1.165, 1.54) is 5.56 Å². The Labute approximate surface area is 99.5 Å². The Morgan fingerprint density at radius 2 is 2.19 bits per heavy atom. The molecule has 0 aliphatic heterocycles. The van der Waals surface area contributed by atoms with Crippen molar-refractivity contribution in [3.8, 4) is 17.2 Å². The van der Waals surface area contributed by atoms with Crippen molar-refractivity contribution in [1.82, 2.24) is 4.98 Å². The van der Waals surface area contributed by atoms with Crippen LogP contribution in [0.2, 0.25) is 5.02 Å². The molecule has 0 fully saturated rings. The number of hydrogen-bond donors (Lipinski definition) is 1. The molecule has 0 atom stereocenters. The average Bonchev–Trinajstić information content (AvgIpc) is 2.77. The van der Waals surface area contributed by atoms with Crippen LogP contribution in [0.15, 0.2) is 30.5 Å². The zero-order valence-corrected chi connectivity index (χ0v) is 9.67. The molecule has 0 aliphatic carbocycles. The lowest BCUT2D eigenvalue weighted by atomic mass is 10.0. The van der Waals surface area contributed by atoms with Gasteiger partial charge < -0.3 is 4.98 Å². The summed E-state index contributed by atoms with van der Waals surface area (Å²) < 4.78 is 0. The van der Waals surface area contributed by atoms with Gasteiger partial charge in [-0.05, 0) is 35.7 Å². The Bertz CT molecular complexity index is 549. The average molecular weight is 231 g/mol. The Hall–Kier alpha value is -1.72. The number of nitrogens with zero attached hydrogens (tertiary/aromatic N) is 1. The molecule has 2 nitrogen and oxygen atoms in total. The first-order valence-electron chi connectivity index (χ1n) is 5.12. The number of rotatable bonds is 2. The largest absolute Gasteiger partial charge is 0.353 e. The van der Waals surface area contributed by atoms with Gasteiger partial charge in [-0.25, -0.2) is 0 Å². The third-order valence-corrected chi connectivity index (χ3v) is 2.80. The molecule has 2 rings (SSSR count). The lowest BCUT2D eigenvalue weighted by molar-refractivity contribution is 1.14. The molecule has 2 aromatic rings. The molecule has 0 unspecified atom stereocenters. The normalized spacial score (nSPS) is 10.1. The Morgan fingerprint density at radius 1 is 1.38 bits per heavy atom. The number of hydrogen-bond acceptors (Lipinski definition) is 1. The van der Waals surface area contributed by atoms with Crippen molar-refractivity contribution in [3.05, 3.63) is 46.7 Å². The number of benzene rings is 1. The predicted molar refractivity (Wildman–Crippen MR) is 65.3 cm³/mol. The third-order valence-electron chi connectivity index (χ3n) is 2.57. The molecular weight excluding hydrogens is 220 g/mol. The number of aromatic nitrogens is 1. The first-order chi connectivity index (χ1) is 7.74. The highest BCUT2D eigenvalue weighted by molar-refractivity contribution is 6.30. The van der Waals surface area contributed by atoms with Crippen molar-refractivity contribution in [2.24, 2.45) is 0 Å². The minimum Gasteiger partial charge on any atom is -0.353 e. The van der Waals surface area contributed by atoms with Gasteiger partial charge in [-0.15, -0.1) is 0 Å². The fourth-order valence-electron chi connectivity index (χ4n) is 1.74. The molecule has 80 valence electrons. The topological polar surface area (TPSA) is 39.6 Å². The van der Waals surface area contributed by atoms with Crippen LogP contribution in [0.25, 0.3) is 11.1 Å². The number of nitriles is 1. The SMILES string of the molecule is CCc1ccc(Cl)cc1-c1c[nH]c(C#N)c1. The highest BCUT2D eigenvalue weighted by Gasteiger charge is 2.06. The summed E-state index contributed by atoms with van der Waals surface area (Å²) in [6.45, 7) is 2.10. The van der Waals surface area contributed by atoms with Crippen molar-refractivity contribution in [2.75, 3.05) is 0 Å². The van der Waals surface area contributed by atoms with E-state index in [9.17, 15) is 0 Å². The highest BCUT2D eigenvalue weighted by Crippen LogP contribution is 2.27. The standard InChI is InChI=1S/C13H11ClN2/c1-2-9-3-4-11(14)6-13(9)10-5-12(7-15)16-8-10/h3-6,8,16H,2H2,1H3. The summed E-state index contributed by atoms with van der Waals surface area (Å²) in [5.74, 6) is 0. The molecule has 0 radical (unpaired) electrons. The number of aryl methyl sites for hydroxylation is 1. The highest BCUT2D eigenvalue weighted by atomic mass is 35.5. The van der Waals surface area contributed by atoms with Crippen molar-refractivity contribution in [1.29, 1.82) is 5.26 Å². The number of aromatic amines is 1. The lowest BCUT2D eigenvalue weighted by Gasteiger charge is -2.06. The monoisotopic (exact) mass is 230 g/mol. The maximum atomic E-state index is 8.77. The van der Waals surface area contributed by atoms with Gasteiger partial charge in [0, 0.05) is 16.8 Å². The van der Waals surface area contributed by atoms with Gasteiger partial charge in [-0.2, -0.15) is 5.26 Å². The van der Waals surface area contributed by atoms with Gasteiger partial charge in [0.05, 0.1) is 0 Å².